The number of ether oxygens (including phenoxy) is 2. The Hall–Kier alpha value is -3.43. The molecule has 2 fully saturated rings. The highest BCUT2D eigenvalue weighted by Crippen LogP contribution is 2.50. The van der Waals surface area contributed by atoms with E-state index < -0.39 is 75.7 Å². The quantitative estimate of drug-likeness (QED) is 0.0990. The fourth-order valence-electron chi connectivity index (χ4n) is 4.79. The molecule has 0 amide bonds. The minimum absolute atomic E-state index is 0.0204. The number of nitrogens with zero attached hydrogens (tertiary/aromatic N) is 7. The molecule has 1 unspecified atom stereocenters. The maximum atomic E-state index is 13.0. The Balaban J connectivity index is 1.18. The normalized spacial score (nSPS) is 31.7. The van der Waals surface area contributed by atoms with Crippen LogP contribution < -0.4 is 11.3 Å². The van der Waals surface area contributed by atoms with Crippen molar-refractivity contribution in [3.8, 4) is 0 Å². The second kappa shape index (κ2) is 10.4. The zero-order chi connectivity index (χ0) is 29.1. The Morgan fingerprint density at radius 2 is 1.73 bits per heavy atom. The molecule has 2 aliphatic heterocycles. The number of phosphoric acid groups is 1. The minimum Gasteiger partial charge on any atom is -0.394 e. The first-order chi connectivity index (χ1) is 19.6. The number of aromatic amines is 1. The Morgan fingerprint density at radius 3 is 2.51 bits per heavy atom. The van der Waals surface area contributed by atoms with Crippen LogP contribution in [-0.4, -0.2) is 114 Å². The van der Waals surface area contributed by atoms with Crippen LogP contribution in [0.15, 0.2) is 30.0 Å². The smallest absolute Gasteiger partial charge is 0.394 e. The van der Waals surface area contributed by atoms with Gasteiger partial charge < -0.3 is 40.5 Å². The van der Waals surface area contributed by atoms with Crippen LogP contribution in [0.3, 0.4) is 0 Å². The summed E-state index contributed by atoms with van der Waals surface area (Å²) in [5.41, 5.74) is 5.78. The summed E-state index contributed by atoms with van der Waals surface area (Å²) in [6, 6.07) is 0. The molecule has 2 aliphatic rings. The van der Waals surface area contributed by atoms with E-state index in [4.69, 9.17) is 24.3 Å². The summed E-state index contributed by atoms with van der Waals surface area (Å²) in [7, 11) is -5.02. The number of aromatic nitrogens is 8. The number of hydrogen-bond acceptors (Lipinski definition) is 16. The molecule has 2 saturated heterocycles. The predicted octanol–water partition coefficient (Wildman–Crippen LogP) is -3.09. The second-order valence-corrected chi connectivity index (χ2v) is 10.7. The number of rotatable bonds is 8. The van der Waals surface area contributed by atoms with Crippen molar-refractivity contribution in [3.63, 3.8) is 0 Å². The molecule has 0 aliphatic carbocycles. The molecule has 0 spiro atoms. The molecule has 8 N–H and O–H groups in total. The lowest BCUT2D eigenvalue weighted by molar-refractivity contribution is -0.0615. The molecule has 6 heterocycles. The molecule has 0 saturated carbocycles. The van der Waals surface area contributed by atoms with Crippen LogP contribution in [0.4, 0.5) is 5.82 Å². The van der Waals surface area contributed by atoms with Gasteiger partial charge in [-0.25, -0.2) is 29.6 Å². The fourth-order valence-corrected chi connectivity index (χ4v) is 5.73. The molecule has 41 heavy (non-hydrogen) atoms. The van der Waals surface area contributed by atoms with Crippen LogP contribution in [0.1, 0.15) is 12.5 Å². The van der Waals surface area contributed by atoms with E-state index in [9.17, 15) is 34.7 Å². The molecular weight excluding hydrogens is 573 g/mol. The van der Waals surface area contributed by atoms with E-state index in [0.717, 1.165) is 0 Å². The Labute approximate surface area is 227 Å². The van der Waals surface area contributed by atoms with Crippen molar-refractivity contribution in [1.29, 1.82) is 0 Å². The van der Waals surface area contributed by atoms with Crippen LogP contribution in [0.25, 0.3) is 22.2 Å². The van der Waals surface area contributed by atoms with Gasteiger partial charge in [0.05, 0.1) is 37.6 Å². The van der Waals surface area contributed by atoms with E-state index in [1.54, 1.807) is 0 Å². The summed E-state index contributed by atoms with van der Waals surface area (Å²) in [6.45, 7) is -1.39. The molecule has 4 aromatic rings. The number of H-pyrrole nitrogens is 1. The topological polar surface area (TPSA) is 288 Å². The lowest BCUT2D eigenvalue weighted by Gasteiger charge is -2.25. The van der Waals surface area contributed by atoms with Gasteiger partial charge in [-0.3, -0.25) is 23.0 Å². The van der Waals surface area contributed by atoms with Crippen molar-refractivity contribution in [1.82, 2.24) is 39.3 Å². The van der Waals surface area contributed by atoms with Crippen molar-refractivity contribution >= 4 is 35.8 Å². The van der Waals surface area contributed by atoms with Gasteiger partial charge in [0.1, 0.15) is 48.5 Å². The molecule has 21 heteroatoms. The molecule has 0 bridgehead atoms. The van der Waals surface area contributed by atoms with Gasteiger partial charge in [-0.2, -0.15) is 5.10 Å². The van der Waals surface area contributed by atoms with Gasteiger partial charge in [0.15, 0.2) is 29.4 Å². The highest BCUT2D eigenvalue weighted by molar-refractivity contribution is 7.47. The minimum atomic E-state index is -5.02. The molecule has 6 rings (SSSR count). The van der Waals surface area contributed by atoms with Gasteiger partial charge in [-0.05, 0) is 0 Å². The Bertz CT molecular complexity index is 1680. The van der Waals surface area contributed by atoms with Gasteiger partial charge in [0.2, 0.25) is 0 Å². The van der Waals surface area contributed by atoms with E-state index in [1.165, 1.54) is 34.3 Å². The maximum Gasteiger partial charge on any atom is 0.472 e. The molecule has 4 aromatic heterocycles. The number of phosphoric ester groups is 1. The van der Waals surface area contributed by atoms with Gasteiger partial charge in [-0.15, -0.1) is 0 Å². The van der Waals surface area contributed by atoms with Crippen LogP contribution in [-0.2, 0) is 23.1 Å². The zero-order valence-electron chi connectivity index (χ0n) is 20.7. The first-order valence-corrected chi connectivity index (χ1v) is 13.5. The number of nitrogen functional groups attached to an aromatic ring is 1. The lowest BCUT2D eigenvalue weighted by atomic mass is 10.1. The van der Waals surface area contributed by atoms with Crippen LogP contribution >= 0.6 is 7.82 Å². The van der Waals surface area contributed by atoms with Crippen molar-refractivity contribution in [2.24, 2.45) is 0 Å². The van der Waals surface area contributed by atoms with Crippen molar-refractivity contribution < 1.29 is 48.4 Å². The largest absolute Gasteiger partial charge is 0.472 e. The van der Waals surface area contributed by atoms with Gasteiger partial charge in [-0.1, -0.05) is 0 Å². The Morgan fingerprint density at radius 1 is 1.00 bits per heavy atom. The van der Waals surface area contributed by atoms with Crippen LogP contribution in [0.5, 0.6) is 0 Å². The average Bonchev–Trinajstić information content (AvgIpc) is 3.70. The third-order valence-corrected chi connectivity index (χ3v) is 7.81. The average molecular weight is 597 g/mol. The number of nitrogens with one attached hydrogen (secondary N) is 1. The summed E-state index contributed by atoms with van der Waals surface area (Å²) in [6.07, 6.45) is -6.44. The molecule has 220 valence electrons. The fraction of sp³-hybridized carbons (Fsp3) is 0.500. The van der Waals surface area contributed by atoms with Crippen LogP contribution in [0.2, 0.25) is 0 Å². The summed E-state index contributed by atoms with van der Waals surface area (Å²) in [4.78, 5) is 38.5. The summed E-state index contributed by atoms with van der Waals surface area (Å²) in [5, 5.41) is 47.3. The number of imidazole rings is 2. The van der Waals surface area contributed by atoms with Crippen molar-refractivity contribution in [2.45, 2.75) is 49.1 Å². The monoisotopic (exact) mass is 597 g/mol. The molecule has 20 nitrogen and oxygen atoms in total. The van der Waals surface area contributed by atoms with Crippen molar-refractivity contribution in [3.05, 3.63) is 35.5 Å². The third-order valence-electron chi connectivity index (χ3n) is 6.82. The molecule has 9 atom stereocenters. The van der Waals surface area contributed by atoms with E-state index in [2.05, 4.69) is 30.1 Å². The highest BCUT2D eigenvalue weighted by atomic mass is 31.2. The van der Waals surface area contributed by atoms with E-state index >= 15 is 0 Å². The summed E-state index contributed by atoms with van der Waals surface area (Å²) >= 11 is 0. The lowest BCUT2D eigenvalue weighted by Crippen LogP contribution is -2.36. The second-order valence-electron chi connectivity index (χ2n) is 9.29. The summed E-state index contributed by atoms with van der Waals surface area (Å²) in [5.74, 6) is 0.0895. The SMILES string of the molecule is Nc1ncnc2c1ncn2[C@@H]1O[C@H](COP(=O)(O)O[C@@H]2[C@H](O)[C@@H](CO)O[C@H]2n2cnc3c(=O)[nH]ncc32)[C@@H](O)[C@H]1O. The number of fused-ring (bicyclic) bond motifs is 2. The number of aliphatic hydroxyl groups is 4. The molecule has 0 aromatic carbocycles. The Kier molecular flexibility index (Phi) is 7.06. The first kappa shape index (κ1) is 27.7. The third kappa shape index (κ3) is 4.78. The summed E-state index contributed by atoms with van der Waals surface area (Å²) < 4.78 is 37.1. The van der Waals surface area contributed by atoms with Gasteiger partial charge in [0.25, 0.3) is 5.56 Å². The van der Waals surface area contributed by atoms with Gasteiger partial charge in [0, 0.05) is 0 Å². The maximum absolute atomic E-state index is 13.0. The van der Waals surface area contributed by atoms with Crippen LogP contribution in [0, 0.1) is 0 Å². The number of nitrogens with two attached hydrogens (primary N) is 1. The van der Waals surface area contributed by atoms with Gasteiger partial charge >= 0.3 is 7.82 Å². The standard InChI is InChI=1S/C20H24N9O11P/c21-16-11-17(23-4-22-16)29(6-25-11)19-14(33)12(31)9(39-19)3-37-41(35,36)40-15-13(32)8(2-30)38-20(15)28-5-24-10-7(28)1-26-27-18(10)34/h1,4-6,8-9,12-15,19-20,30-33H,2-3H2,(H,27,34)(H,35,36)(H2,21,22,23)/t8-,9-,12-,13-,14-,15-,19-,20-/m1/s1. The van der Waals surface area contributed by atoms with E-state index in [1.807, 2.05) is 0 Å². The number of hydrogen-bond donors (Lipinski definition) is 7. The highest BCUT2D eigenvalue weighted by Gasteiger charge is 2.50. The molecule has 0 radical (unpaired) electrons. The number of anilines is 1. The molecular formula is C20H24N9O11P. The van der Waals surface area contributed by atoms with E-state index in [0.29, 0.717) is 0 Å². The zero-order valence-corrected chi connectivity index (χ0v) is 21.6. The number of aliphatic hydroxyl groups excluding tert-OH is 4. The van der Waals surface area contributed by atoms with E-state index in [-0.39, 0.29) is 28.0 Å². The first-order valence-electron chi connectivity index (χ1n) is 12.0. The predicted molar refractivity (Wildman–Crippen MR) is 131 cm³/mol. The van der Waals surface area contributed by atoms with Crippen molar-refractivity contribution in [2.75, 3.05) is 18.9 Å².